The SMILES string of the molecule is CCCCCCCCCCCCCCCC(=O)O[C@H](COC(=O)CCCCCCCC)COP(=O)([O-])OCC[N+](C)(C)C. The molecule has 0 aromatic carbocycles. The lowest BCUT2D eigenvalue weighted by atomic mass is 10.0. The fourth-order valence-corrected chi connectivity index (χ4v) is 5.32. The van der Waals surface area contributed by atoms with E-state index in [0.29, 0.717) is 17.4 Å². The molecule has 0 rings (SSSR count). The van der Waals surface area contributed by atoms with Crippen molar-refractivity contribution in [3.63, 3.8) is 0 Å². The number of carbonyl (C=O) groups excluding carboxylic acids is 2. The minimum atomic E-state index is -4.60. The topological polar surface area (TPSA) is 111 Å². The number of phosphoric acid groups is 1. The van der Waals surface area contributed by atoms with Gasteiger partial charge in [0.15, 0.2) is 6.10 Å². The molecular weight excluding hydrogens is 569 g/mol. The lowest BCUT2D eigenvalue weighted by molar-refractivity contribution is -0.870. The summed E-state index contributed by atoms with van der Waals surface area (Å²) in [5, 5.41) is 0. The van der Waals surface area contributed by atoms with Crippen LogP contribution in [0.15, 0.2) is 0 Å². The second-order valence-electron chi connectivity index (χ2n) is 12.9. The van der Waals surface area contributed by atoms with E-state index < -0.39 is 32.5 Å². The second-order valence-corrected chi connectivity index (χ2v) is 14.3. The molecule has 0 fully saturated rings. The molecule has 0 aliphatic rings. The molecule has 0 aliphatic carbocycles. The number of unbranched alkanes of at least 4 members (excludes halogenated alkanes) is 17. The molecule has 0 heterocycles. The molecule has 0 saturated carbocycles. The maximum atomic E-state index is 12.5. The molecule has 0 aromatic heterocycles. The smallest absolute Gasteiger partial charge is 0.306 e. The van der Waals surface area contributed by atoms with Gasteiger partial charge in [0.2, 0.25) is 0 Å². The van der Waals surface area contributed by atoms with Gasteiger partial charge < -0.3 is 27.9 Å². The number of hydrogen-bond donors (Lipinski definition) is 0. The lowest BCUT2D eigenvalue weighted by Gasteiger charge is -2.28. The van der Waals surface area contributed by atoms with Crippen molar-refractivity contribution in [2.24, 2.45) is 0 Å². The Labute approximate surface area is 264 Å². The zero-order chi connectivity index (χ0) is 32.2. The Morgan fingerprint density at radius 1 is 0.628 bits per heavy atom. The molecule has 0 radical (unpaired) electrons. The number of likely N-dealkylation sites (N-methyl/N-ethyl adjacent to an activating group) is 1. The van der Waals surface area contributed by atoms with Crippen molar-refractivity contribution in [2.45, 2.75) is 155 Å². The fraction of sp³-hybridized carbons (Fsp3) is 0.939. The number of ether oxygens (including phenoxy) is 2. The van der Waals surface area contributed by atoms with Crippen LogP contribution in [0.2, 0.25) is 0 Å². The van der Waals surface area contributed by atoms with Gasteiger partial charge in [-0.05, 0) is 12.8 Å². The van der Waals surface area contributed by atoms with Gasteiger partial charge >= 0.3 is 11.9 Å². The lowest BCUT2D eigenvalue weighted by Crippen LogP contribution is -2.37. The van der Waals surface area contributed by atoms with Crippen molar-refractivity contribution in [1.29, 1.82) is 0 Å². The van der Waals surface area contributed by atoms with Crippen molar-refractivity contribution in [1.82, 2.24) is 0 Å². The predicted octanol–water partition coefficient (Wildman–Crippen LogP) is 7.88. The summed E-state index contributed by atoms with van der Waals surface area (Å²) in [6.45, 7) is 4.14. The normalized spacial score (nSPS) is 13.9. The first-order valence-corrected chi connectivity index (χ1v) is 18.7. The summed E-state index contributed by atoms with van der Waals surface area (Å²) in [4.78, 5) is 37.0. The van der Waals surface area contributed by atoms with Gasteiger partial charge in [0.25, 0.3) is 7.82 Å². The van der Waals surface area contributed by atoms with E-state index in [1.165, 1.54) is 77.0 Å². The molecule has 1 unspecified atom stereocenters. The van der Waals surface area contributed by atoms with Crippen LogP contribution in [0.4, 0.5) is 0 Å². The highest BCUT2D eigenvalue weighted by molar-refractivity contribution is 7.45. The predicted molar refractivity (Wildman–Crippen MR) is 172 cm³/mol. The summed E-state index contributed by atoms with van der Waals surface area (Å²) in [6.07, 6.45) is 21.5. The van der Waals surface area contributed by atoms with Gasteiger partial charge in [-0.15, -0.1) is 0 Å². The second kappa shape index (κ2) is 27.3. The highest BCUT2D eigenvalue weighted by atomic mass is 31.2. The van der Waals surface area contributed by atoms with Gasteiger partial charge in [0.05, 0.1) is 27.7 Å². The third-order valence-corrected chi connectivity index (χ3v) is 8.34. The average molecular weight is 636 g/mol. The Bertz CT molecular complexity index is 728. The number of phosphoric ester groups is 1. The molecule has 0 bridgehead atoms. The summed E-state index contributed by atoms with van der Waals surface area (Å²) in [7, 11) is 1.17. The Balaban J connectivity index is 4.42. The zero-order valence-corrected chi connectivity index (χ0v) is 29.3. The van der Waals surface area contributed by atoms with Gasteiger partial charge in [-0.25, -0.2) is 0 Å². The summed E-state index contributed by atoms with van der Waals surface area (Å²) in [5.41, 5.74) is 0. The summed E-state index contributed by atoms with van der Waals surface area (Å²) in [6, 6.07) is 0. The monoisotopic (exact) mass is 635 g/mol. The first-order valence-electron chi connectivity index (χ1n) is 17.2. The Hall–Kier alpha value is -0.990. The largest absolute Gasteiger partial charge is 0.756 e. The third kappa shape index (κ3) is 30.8. The maximum absolute atomic E-state index is 12.5. The minimum Gasteiger partial charge on any atom is -0.756 e. The molecule has 0 saturated heterocycles. The van der Waals surface area contributed by atoms with Crippen LogP contribution >= 0.6 is 7.82 Å². The zero-order valence-electron chi connectivity index (χ0n) is 28.4. The molecule has 9 nitrogen and oxygen atoms in total. The van der Waals surface area contributed by atoms with Crippen LogP contribution in [0.1, 0.15) is 149 Å². The molecule has 0 N–H and O–H groups in total. The standard InChI is InChI=1S/C33H66NO8P/c1-6-8-10-12-14-15-16-17-18-19-20-22-24-26-33(36)42-31(29-39-32(35)25-23-21-13-11-9-7-2)30-41-43(37,38)40-28-27-34(3,4)5/h31H,6-30H2,1-5H3/t31-/m1/s1. The van der Waals surface area contributed by atoms with E-state index in [2.05, 4.69) is 13.8 Å². The van der Waals surface area contributed by atoms with Gasteiger partial charge in [-0.2, -0.15) is 0 Å². The molecule has 0 spiro atoms. The molecule has 0 aromatic rings. The van der Waals surface area contributed by atoms with E-state index in [4.69, 9.17) is 18.5 Å². The number of rotatable bonds is 31. The van der Waals surface area contributed by atoms with Gasteiger partial charge in [0, 0.05) is 12.8 Å². The summed E-state index contributed by atoms with van der Waals surface area (Å²) < 4.78 is 33.5. The first-order chi connectivity index (χ1) is 20.5. The van der Waals surface area contributed by atoms with E-state index in [-0.39, 0.29) is 26.1 Å². The van der Waals surface area contributed by atoms with E-state index in [1.54, 1.807) is 0 Å². The Morgan fingerprint density at radius 3 is 1.49 bits per heavy atom. The van der Waals surface area contributed by atoms with Crippen molar-refractivity contribution in [2.75, 3.05) is 47.5 Å². The first kappa shape index (κ1) is 42.0. The molecule has 256 valence electrons. The Kier molecular flexibility index (Phi) is 26.7. The maximum Gasteiger partial charge on any atom is 0.306 e. The van der Waals surface area contributed by atoms with E-state index in [0.717, 1.165) is 38.5 Å². The van der Waals surface area contributed by atoms with Crippen LogP contribution < -0.4 is 4.89 Å². The van der Waals surface area contributed by atoms with Crippen molar-refractivity contribution < 1.29 is 42.1 Å². The van der Waals surface area contributed by atoms with Crippen molar-refractivity contribution in [3.05, 3.63) is 0 Å². The van der Waals surface area contributed by atoms with Gasteiger partial charge in [0.1, 0.15) is 19.8 Å². The summed E-state index contributed by atoms with van der Waals surface area (Å²) in [5.74, 6) is -0.840. The average Bonchev–Trinajstić information content (AvgIpc) is 2.93. The highest BCUT2D eigenvalue weighted by Gasteiger charge is 2.21. The number of quaternary nitrogens is 1. The molecule has 0 amide bonds. The van der Waals surface area contributed by atoms with Crippen molar-refractivity contribution in [3.8, 4) is 0 Å². The van der Waals surface area contributed by atoms with Gasteiger partial charge in [-0.3, -0.25) is 14.2 Å². The van der Waals surface area contributed by atoms with Crippen LogP contribution in [0.25, 0.3) is 0 Å². The van der Waals surface area contributed by atoms with E-state index >= 15 is 0 Å². The fourth-order valence-electron chi connectivity index (χ4n) is 4.59. The molecule has 43 heavy (non-hydrogen) atoms. The van der Waals surface area contributed by atoms with Crippen LogP contribution in [0, 0.1) is 0 Å². The number of esters is 2. The van der Waals surface area contributed by atoms with Crippen molar-refractivity contribution >= 4 is 19.8 Å². The van der Waals surface area contributed by atoms with E-state index in [1.807, 2.05) is 21.1 Å². The molecular formula is C33H66NO8P. The van der Waals surface area contributed by atoms with Crippen LogP contribution in [-0.2, 0) is 32.7 Å². The number of carbonyl (C=O) groups is 2. The van der Waals surface area contributed by atoms with Crippen LogP contribution in [0.3, 0.4) is 0 Å². The third-order valence-electron chi connectivity index (χ3n) is 7.38. The summed E-state index contributed by atoms with van der Waals surface area (Å²) >= 11 is 0. The molecule has 2 atom stereocenters. The van der Waals surface area contributed by atoms with Gasteiger partial charge in [-0.1, -0.05) is 123 Å². The number of hydrogen-bond acceptors (Lipinski definition) is 8. The quantitative estimate of drug-likeness (QED) is 0.0327. The van der Waals surface area contributed by atoms with E-state index in [9.17, 15) is 19.0 Å². The molecule has 10 heteroatoms. The highest BCUT2D eigenvalue weighted by Crippen LogP contribution is 2.38. The minimum absolute atomic E-state index is 0.0268. The van der Waals surface area contributed by atoms with Crippen LogP contribution in [0.5, 0.6) is 0 Å². The molecule has 0 aliphatic heterocycles. The van der Waals surface area contributed by atoms with Crippen LogP contribution in [-0.4, -0.2) is 70.0 Å². The Morgan fingerprint density at radius 2 is 1.05 bits per heavy atom. The number of nitrogens with zero attached hydrogens (tertiary/aromatic N) is 1.